The zero-order chi connectivity index (χ0) is 13.0. The van der Waals surface area contributed by atoms with Crippen molar-refractivity contribution >= 4 is 17.4 Å². The lowest BCUT2D eigenvalue weighted by molar-refractivity contribution is 0.126. The number of aliphatic hydroxyl groups excluding tert-OH is 1. The number of fused-ring (bicyclic) bond motifs is 2. The van der Waals surface area contributed by atoms with E-state index in [1.165, 1.54) is 12.8 Å². The lowest BCUT2D eigenvalue weighted by atomic mass is 10.00. The lowest BCUT2D eigenvalue weighted by Gasteiger charge is -2.38. The van der Waals surface area contributed by atoms with Crippen molar-refractivity contribution in [3.63, 3.8) is 0 Å². The van der Waals surface area contributed by atoms with Crippen LogP contribution in [0.15, 0.2) is 6.07 Å². The van der Waals surface area contributed by atoms with Gasteiger partial charge in [-0.2, -0.15) is 0 Å². The highest BCUT2D eigenvalue weighted by atomic mass is 35.5. The third-order valence-corrected chi connectivity index (χ3v) is 4.81. The minimum absolute atomic E-state index is 0.144. The number of piperidine rings is 1. The molecule has 1 saturated carbocycles. The number of aliphatic hydroxyl groups is 1. The molecule has 5 heteroatoms. The molecule has 1 aromatic rings. The van der Waals surface area contributed by atoms with E-state index in [-0.39, 0.29) is 6.10 Å². The molecule has 2 unspecified atom stereocenters. The van der Waals surface area contributed by atoms with E-state index in [0.29, 0.717) is 23.2 Å². The molecule has 2 bridgehead atoms. The molecule has 3 heterocycles. The van der Waals surface area contributed by atoms with Crippen LogP contribution >= 0.6 is 11.6 Å². The zero-order valence-electron chi connectivity index (χ0n) is 10.8. The number of anilines is 1. The number of hydrogen-bond acceptors (Lipinski definition) is 4. The summed E-state index contributed by atoms with van der Waals surface area (Å²) in [6.45, 7) is 0. The number of hydrogen-bond donors (Lipinski definition) is 1. The largest absolute Gasteiger partial charge is 0.393 e. The standard InChI is InChI=1S/C14H18ClN3O/c15-12-7-13(17-14(16-12)8-1-2-8)18-9-3-4-10(18)6-11(19)5-9/h7-11,19H,1-6H2. The first-order chi connectivity index (χ1) is 9.20. The summed E-state index contributed by atoms with van der Waals surface area (Å²) in [5, 5.41) is 10.4. The van der Waals surface area contributed by atoms with Gasteiger partial charge in [0.25, 0.3) is 0 Å². The van der Waals surface area contributed by atoms with E-state index in [1.54, 1.807) is 0 Å². The molecular weight excluding hydrogens is 262 g/mol. The summed E-state index contributed by atoms with van der Waals surface area (Å²) in [7, 11) is 0. The van der Waals surface area contributed by atoms with Crippen LogP contribution < -0.4 is 4.90 Å². The van der Waals surface area contributed by atoms with Crippen molar-refractivity contribution < 1.29 is 5.11 Å². The van der Waals surface area contributed by atoms with Crippen LogP contribution in [0, 0.1) is 0 Å². The molecule has 1 aliphatic carbocycles. The highest BCUT2D eigenvalue weighted by molar-refractivity contribution is 6.29. The van der Waals surface area contributed by atoms with Gasteiger partial charge in [0.15, 0.2) is 0 Å². The van der Waals surface area contributed by atoms with E-state index in [4.69, 9.17) is 16.6 Å². The number of rotatable bonds is 2. The molecule has 2 aliphatic heterocycles. The first-order valence-corrected chi connectivity index (χ1v) is 7.59. The Morgan fingerprint density at radius 2 is 1.79 bits per heavy atom. The summed E-state index contributed by atoms with van der Waals surface area (Å²) in [6.07, 6.45) is 6.25. The summed E-state index contributed by atoms with van der Waals surface area (Å²) in [4.78, 5) is 11.5. The van der Waals surface area contributed by atoms with Gasteiger partial charge in [0.2, 0.25) is 0 Å². The van der Waals surface area contributed by atoms with E-state index in [2.05, 4.69) is 9.88 Å². The Morgan fingerprint density at radius 1 is 1.11 bits per heavy atom. The Bertz CT molecular complexity index is 491. The molecule has 1 aromatic heterocycles. The Kier molecular flexibility index (Phi) is 2.71. The van der Waals surface area contributed by atoms with Gasteiger partial charge in [-0.05, 0) is 38.5 Å². The van der Waals surface area contributed by atoms with Crippen LogP contribution in [0.3, 0.4) is 0 Å². The van der Waals surface area contributed by atoms with Gasteiger partial charge in [0.1, 0.15) is 16.8 Å². The topological polar surface area (TPSA) is 49.2 Å². The van der Waals surface area contributed by atoms with Crippen LogP contribution in [-0.4, -0.2) is 33.3 Å². The van der Waals surface area contributed by atoms with Gasteiger partial charge < -0.3 is 10.0 Å². The van der Waals surface area contributed by atoms with Gasteiger partial charge in [0.05, 0.1) is 6.10 Å². The van der Waals surface area contributed by atoms with Crippen molar-refractivity contribution in [3.05, 3.63) is 17.0 Å². The predicted octanol–water partition coefficient (Wildman–Crippen LogP) is 2.50. The Hall–Kier alpha value is -0.870. The molecule has 4 nitrogen and oxygen atoms in total. The van der Waals surface area contributed by atoms with Crippen molar-refractivity contribution in [2.24, 2.45) is 0 Å². The van der Waals surface area contributed by atoms with Crippen molar-refractivity contribution in [2.75, 3.05) is 4.90 Å². The predicted molar refractivity (Wildman–Crippen MR) is 73.5 cm³/mol. The normalized spacial score (nSPS) is 33.8. The lowest BCUT2D eigenvalue weighted by Crippen LogP contribution is -2.45. The van der Waals surface area contributed by atoms with Gasteiger partial charge in [-0.3, -0.25) is 0 Å². The SMILES string of the molecule is OC1CC2CCC(C1)N2c1cc(Cl)nc(C2CC2)n1. The zero-order valence-corrected chi connectivity index (χ0v) is 11.6. The van der Waals surface area contributed by atoms with Crippen LogP contribution in [0.4, 0.5) is 5.82 Å². The molecule has 4 rings (SSSR count). The quantitative estimate of drug-likeness (QED) is 0.845. The number of nitrogens with zero attached hydrogens (tertiary/aromatic N) is 3. The first-order valence-electron chi connectivity index (χ1n) is 7.21. The third-order valence-electron chi connectivity index (χ3n) is 4.61. The molecule has 2 atom stereocenters. The van der Waals surface area contributed by atoms with Crippen molar-refractivity contribution in [1.29, 1.82) is 0 Å². The van der Waals surface area contributed by atoms with Gasteiger partial charge in [-0.15, -0.1) is 0 Å². The van der Waals surface area contributed by atoms with Crippen LogP contribution in [-0.2, 0) is 0 Å². The molecule has 19 heavy (non-hydrogen) atoms. The summed E-state index contributed by atoms with van der Waals surface area (Å²) < 4.78 is 0. The molecule has 3 aliphatic rings. The molecule has 1 N–H and O–H groups in total. The average molecular weight is 280 g/mol. The Labute approximate surface area is 117 Å². The van der Waals surface area contributed by atoms with Gasteiger partial charge in [-0.1, -0.05) is 11.6 Å². The minimum Gasteiger partial charge on any atom is -0.393 e. The molecule has 0 radical (unpaired) electrons. The maximum atomic E-state index is 9.88. The molecule has 0 amide bonds. The van der Waals surface area contributed by atoms with E-state index >= 15 is 0 Å². The van der Waals surface area contributed by atoms with Gasteiger partial charge >= 0.3 is 0 Å². The molecule has 0 aromatic carbocycles. The number of halogens is 1. The highest BCUT2D eigenvalue weighted by Gasteiger charge is 2.41. The van der Waals surface area contributed by atoms with Crippen molar-refractivity contribution in [2.45, 2.75) is 62.6 Å². The fraction of sp³-hybridized carbons (Fsp3) is 0.714. The molecule has 3 fully saturated rings. The molecule has 102 valence electrons. The van der Waals surface area contributed by atoms with E-state index in [1.807, 2.05) is 6.07 Å². The fourth-order valence-electron chi connectivity index (χ4n) is 3.60. The van der Waals surface area contributed by atoms with E-state index in [9.17, 15) is 5.11 Å². The maximum absolute atomic E-state index is 9.88. The second-order valence-electron chi connectivity index (χ2n) is 6.10. The fourth-order valence-corrected chi connectivity index (χ4v) is 3.79. The first kappa shape index (κ1) is 11.9. The second kappa shape index (κ2) is 4.32. The van der Waals surface area contributed by atoms with Crippen LogP contribution in [0.25, 0.3) is 0 Å². The van der Waals surface area contributed by atoms with Crippen LogP contribution in [0.5, 0.6) is 0 Å². The van der Waals surface area contributed by atoms with Crippen LogP contribution in [0.2, 0.25) is 5.15 Å². The smallest absolute Gasteiger partial charge is 0.135 e. The number of aromatic nitrogens is 2. The monoisotopic (exact) mass is 279 g/mol. The molecule has 2 saturated heterocycles. The summed E-state index contributed by atoms with van der Waals surface area (Å²) >= 11 is 6.16. The summed E-state index contributed by atoms with van der Waals surface area (Å²) in [5.74, 6) is 2.40. The summed E-state index contributed by atoms with van der Waals surface area (Å²) in [6, 6.07) is 2.73. The van der Waals surface area contributed by atoms with Gasteiger partial charge in [-0.25, -0.2) is 9.97 Å². The third kappa shape index (κ3) is 2.11. The van der Waals surface area contributed by atoms with Gasteiger partial charge in [0, 0.05) is 24.1 Å². The average Bonchev–Trinajstić information content (AvgIpc) is 3.15. The van der Waals surface area contributed by atoms with Crippen LogP contribution in [0.1, 0.15) is 50.3 Å². The summed E-state index contributed by atoms with van der Waals surface area (Å²) in [5.41, 5.74) is 0. The highest BCUT2D eigenvalue weighted by Crippen LogP contribution is 2.42. The van der Waals surface area contributed by atoms with E-state index < -0.39 is 0 Å². The van der Waals surface area contributed by atoms with Crippen molar-refractivity contribution in [1.82, 2.24) is 9.97 Å². The second-order valence-corrected chi connectivity index (χ2v) is 6.49. The molecular formula is C14H18ClN3O. The maximum Gasteiger partial charge on any atom is 0.135 e. The van der Waals surface area contributed by atoms with E-state index in [0.717, 1.165) is 37.3 Å². The van der Waals surface area contributed by atoms with Crippen molar-refractivity contribution in [3.8, 4) is 0 Å². The Morgan fingerprint density at radius 3 is 2.42 bits per heavy atom. The minimum atomic E-state index is -0.144. The Balaban J connectivity index is 1.68. The molecule has 0 spiro atoms.